The van der Waals surface area contributed by atoms with Crippen molar-refractivity contribution in [3.05, 3.63) is 30.3 Å². The first-order chi connectivity index (χ1) is 12.8. The van der Waals surface area contributed by atoms with E-state index in [0.29, 0.717) is 12.4 Å². The van der Waals surface area contributed by atoms with Crippen molar-refractivity contribution >= 4 is 5.91 Å². The molecule has 1 saturated heterocycles. The number of aromatic nitrogens is 4. The van der Waals surface area contributed by atoms with Crippen LogP contribution in [-0.2, 0) is 9.53 Å². The molecule has 0 bridgehead atoms. The molecule has 1 amide bonds. The molecule has 2 fully saturated rings. The van der Waals surface area contributed by atoms with Crippen LogP contribution in [-0.4, -0.2) is 45.4 Å². The number of hydrogen-bond acceptors (Lipinski definition) is 5. The predicted octanol–water partition coefficient (Wildman–Crippen LogP) is 2.37. The molecule has 26 heavy (non-hydrogen) atoms. The smallest absolute Gasteiger partial charge is 0.225 e. The zero-order chi connectivity index (χ0) is 17.8. The minimum absolute atomic E-state index is 0.0203. The van der Waals surface area contributed by atoms with E-state index in [2.05, 4.69) is 20.7 Å². The predicted molar refractivity (Wildman–Crippen MR) is 96.2 cm³/mol. The maximum absolute atomic E-state index is 12.3. The van der Waals surface area contributed by atoms with Crippen molar-refractivity contribution in [2.45, 2.75) is 50.6 Å². The molecule has 0 radical (unpaired) electrons. The summed E-state index contributed by atoms with van der Waals surface area (Å²) in [7, 11) is 0. The quantitative estimate of drug-likeness (QED) is 0.910. The van der Waals surface area contributed by atoms with E-state index in [1.165, 1.54) is 0 Å². The van der Waals surface area contributed by atoms with Crippen molar-refractivity contribution in [3.8, 4) is 11.4 Å². The highest BCUT2D eigenvalue weighted by molar-refractivity contribution is 5.79. The highest BCUT2D eigenvalue weighted by Gasteiger charge is 2.28. The monoisotopic (exact) mass is 355 g/mol. The summed E-state index contributed by atoms with van der Waals surface area (Å²) in [6.45, 7) is 1.34. The molecular formula is C19H25N5O2. The number of carbonyl (C=O) groups is 1. The van der Waals surface area contributed by atoms with E-state index in [1.807, 2.05) is 30.3 Å². The Morgan fingerprint density at radius 3 is 2.65 bits per heavy atom. The van der Waals surface area contributed by atoms with Gasteiger partial charge in [0.25, 0.3) is 0 Å². The zero-order valence-electron chi connectivity index (χ0n) is 14.9. The zero-order valence-corrected chi connectivity index (χ0v) is 14.9. The van der Waals surface area contributed by atoms with E-state index in [0.717, 1.165) is 50.7 Å². The van der Waals surface area contributed by atoms with Crippen LogP contribution in [0.3, 0.4) is 0 Å². The minimum Gasteiger partial charge on any atom is -0.381 e. The molecule has 0 spiro atoms. The number of tetrazole rings is 1. The number of amides is 1. The van der Waals surface area contributed by atoms with Crippen LogP contribution in [0.5, 0.6) is 0 Å². The number of nitrogens with zero attached hydrogens (tertiary/aromatic N) is 4. The Morgan fingerprint density at radius 1 is 1.12 bits per heavy atom. The Kier molecular flexibility index (Phi) is 5.24. The minimum atomic E-state index is 0.0203. The fraction of sp³-hybridized carbons (Fsp3) is 0.579. The van der Waals surface area contributed by atoms with Crippen LogP contribution in [0.2, 0.25) is 0 Å². The van der Waals surface area contributed by atoms with Crippen LogP contribution in [0.1, 0.15) is 44.6 Å². The highest BCUT2D eigenvalue weighted by Crippen LogP contribution is 2.28. The fourth-order valence-electron chi connectivity index (χ4n) is 3.80. The van der Waals surface area contributed by atoms with Gasteiger partial charge in [0.05, 0.1) is 18.6 Å². The average molecular weight is 355 g/mol. The van der Waals surface area contributed by atoms with Crippen molar-refractivity contribution < 1.29 is 9.53 Å². The normalized spacial score (nSPS) is 26.4. The SMILES string of the molecule is O=C(NC1CCC(n2nnc(-c3ccccc3)n2)CC1)C1CCCOC1. The number of carbonyl (C=O) groups excluding carboxylic acids is 1. The number of nitrogens with one attached hydrogen (secondary N) is 1. The van der Waals surface area contributed by atoms with Crippen LogP contribution >= 0.6 is 0 Å². The molecule has 4 rings (SSSR count). The Morgan fingerprint density at radius 2 is 1.92 bits per heavy atom. The van der Waals surface area contributed by atoms with Crippen molar-refractivity contribution in [2.24, 2.45) is 5.92 Å². The maximum Gasteiger partial charge on any atom is 0.225 e. The molecule has 1 aliphatic carbocycles. The van der Waals surface area contributed by atoms with Crippen LogP contribution in [0, 0.1) is 5.92 Å². The van der Waals surface area contributed by atoms with Crippen LogP contribution in [0.15, 0.2) is 30.3 Å². The van der Waals surface area contributed by atoms with Crippen LogP contribution < -0.4 is 5.32 Å². The largest absolute Gasteiger partial charge is 0.381 e. The second-order valence-electron chi connectivity index (χ2n) is 7.23. The lowest BCUT2D eigenvalue weighted by Crippen LogP contribution is -2.43. The lowest BCUT2D eigenvalue weighted by molar-refractivity contribution is -0.130. The summed E-state index contributed by atoms with van der Waals surface area (Å²) >= 11 is 0. The molecule has 1 N–H and O–H groups in total. The van der Waals surface area contributed by atoms with Crippen LogP contribution in [0.4, 0.5) is 0 Å². The first-order valence-corrected chi connectivity index (χ1v) is 9.52. The molecule has 1 unspecified atom stereocenters. The van der Waals surface area contributed by atoms with Gasteiger partial charge >= 0.3 is 0 Å². The summed E-state index contributed by atoms with van der Waals surface area (Å²) in [5, 5.41) is 16.2. The third kappa shape index (κ3) is 3.93. The van der Waals surface area contributed by atoms with Gasteiger partial charge in [-0.05, 0) is 43.7 Å². The van der Waals surface area contributed by atoms with E-state index in [4.69, 9.17) is 4.74 Å². The molecule has 1 aromatic carbocycles. The van der Waals surface area contributed by atoms with E-state index in [1.54, 1.807) is 4.80 Å². The second-order valence-corrected chi connectivity index (χ2v) is 7.23. The van der Waals surface area contributed by atoms with Crippen molar-refractivity contribution in [2.75, 3.05) is 13.2 Å². The Labute approximate surface area is 153 Å². The van der Waals surface area contributed by atoms with Gasteiger partial charge in [0.15, 0.2) is 0 Å². The third-order valence-corrected chi connectivity index (χ3v) is 5.36. The first-order valence-electron chi connectivity index (χ1n) is 9.52. The van der Waals surface area contributed by atoms with Gasteiger partial charge in [-0.15, -0.1) is 10.2 Å². The maximum atomic E-state index is 12.3. The van der Waals surface area contributed by atoms with Gasteiger partial charge in [0.2, 0.25) is 11.7 Å². The number of rotatable bonds is 4. The molecule has 2 aliphatic rings. The Hall–Kier alpha value is -2.28. The van der Waals surface area contributed by atoms with Gasteiger partial charge in [-0.25, -0.2) is 0 Å². The van der Waals surface area contributed by atoms with Crippen LogP contribution in [0.25, 0.3) is 11.4 Å². The van der Waals surface area contributed by atoms with Gasteiger partial charge in [0.1, 0.15) is 0 Å². The Bertz CT molecular complexity index is 719. The van der Waals surface area contributed by atoms with Crippen molar-refractivity contribution in [1.82, 2.24) is 25.5 Å². The lowest BCUT2D eigenvalue weighted by Gasteiger charge is -2.30. The van der Waals surface area contributed by atoms with E-state index in [-0.39, 0.29) is 23.9 Å². The van der Waals surface area contributed by atoms with Gasteiger partial charge in [-0.2, -0.15) is 4.80 Å². The molecule has 1 saturated carbocycles. The molecular weight excluding hydrogens is 330 g/mol. The second kappa shape index (κ2) is 7.95. The summed E-state index contributed by atoms with van der Waals surface area (Å²) in [6, 6.07) is 10.4. The highest BCUT2D eigenvalue weighted by atomic mass is 16.5. The molecule has 1 atom stereocenters. The Balaban J connectivity index is 1.30. The average Bonchev–Trinajstić information content (AvgIpc) is 3.20. The molecule has 1 aromatic heterocycles. The fourth-order valence-corrected chi connectivity index (χ4v) is 3.80. The van der Waals surface area contributed by atoms with E-state index >= 15 is 0 Å². The number of ether oxygens (including phenoxy) is 1. The molecule has 1 aliphatic heterocycles. The number of hydrogen-bond donors (Lipinski definition) is 1. The van der Waals surface area contributed by atoms with Crippen molar-refractivity contribution in [3.63, 3.8) is 0 Å². The van der Waals surface area contributed by atoms with Gasteiger partial charge in [-0.1, -0.05) is 30.3 Å². The van der Waals surface area contributed by atoms with Gasteiger partial charge < -0.3 is 10.1 Å². The standard InChI is InChI=1S/C19H25N5O2/c25-19(15-7-4-12-26-13-15)20-16-8-10-17(11-9-16)24-22-18(21-23-24)14-5-2-1-3-6-14/h1-3,5-6,15-17H,4,7-13H2,(H,20,25). The van der Waals surface area contributed by atoms with Gasteiger partial charge in [-0.3, -0.25) is 4.79 Å². The molecule has 2 aromatic rings. The van der Waals surface area contributed by atoms with E-state index in [9.17, 15) is 4.79 Å². The molecule has 2 heterocycles. The molecule has 7 nitrogen and oxygen atoms in total. The summed E-state index contributed by atoms with van der Waals surface area (Å²) < 4.78 is 5.42. The topological polar surface area (TPSA) is 81.9 Å². The van der Waals surface area contributed by atoms with Gasteiger partial charge in [0, 0.05) is 18.2 Å². The summed E-state index contributed by atoms with van der Waals surface area (Å²) in [6.07, 6.45) is 5.73. The third-order valence-electron chi connectivity index (χ3n) is 5.36. The van der Waals surface area contributed by atoms with E-state index < -0.39 is 0 Å². The number of benzene rings is 1. The molecule has 138 valence electrons. The van der Waals surface area contributed by atoms with Crippen molar-refractivity contribution in [1.29, 1.82) is 0 Å². The lowest BCUT2D eigenvalue weighted by atomic mass is 9.90. The summed E-state index contributed by atoms with van der Waals surface area (Å²) in [5.41, 5.74) is 0.981. The summed E-state index contributed by atoms with van der Waals surface area (Å²) in [5.74, 6) is 0.837. The summed E-state index contributed by atoms with van der Waals surface area (Å²) in [4.78, 5) is 14.1. The molecule has 7 heteroatoms. The first kappa shape index (κ1) is 17.1.